The topological polar surface area (TPSA) is 67.8 Å². The molecule has 2 N–H and O–H groups in total. The molecule has 1 saturated carbocycles. The van der Waals surface area contributed by atoms with Crippen molar-refractivity contribution in [2.45, 2.75) is 44.6 Å². The molecule has 1 aromatic rings. The molecule has 2 rings (SSSR count). The summed E-state index contributed by atoms with van der Waals surface area (Å²) in [4.78, 5) is 12.0. The minimum atomic E-state index is -0.423. The number of aliphatic hydroxyl groups excluding tert-OH is 1. The minimum Gasteiger partial charge on any atom is -0.493 e. The normalized spacial score (nSPS) is 16.1. The lowest BCUT2D eigenvalue weighted by molar-refractivity contribution is -0.121. The number of carbonyl (C=O) groups excluding carboxylic acids is 1. The summed E-state index contributed by atoms with van der Waals surface area (Å²) in [5.41, 5.74) is 0.943. The predicted octanol–water partition coefficient (Wildman–Crippen LogP) is 2.30. The van der Waals surface area contributed by atoms with Crippen molar-refractivity contribution in [3.05, 3.63) is 23.8 Å². The zero-order valence-electron chi connectivity index (χ0n) is 14.0. The molecule has 0 saturated heterocycles. The Morgan fingerprint density at radius 3 is 2.70 bits per heavy atom. The Hall–Kier alpha value is -1.75. The summed E-state index contributed by atoms with van der Waals surface area (Å²) in [7, 11) is 3.19. The average Bonchev–Trinajstić information content (AvgIpc) is 3.11. The van der Waals surface area contributed by atoms with E-state index in [-0.39, 0.29) is 5.91 Å². The van der Waals surface area contributed by atoms with E-state index < -0.39 is 6.10 Å². The third-order valence-electron chi connectivity index (χ3n) is 4.56. The molecule has 1 aliphatic rings. The van der Waals surface area contributed by atoms with E-state index in [1.165, 1.54) is 12.8 Å². The van der Waals surface area contributed by atoms with Crippen LogP contribution in [0.25, 0.3) is 0 Å². The number of benzene rings is 1. The second-order valence-electron chi connectivity index (χ2n) is 6.07. The van der Waals surface area contributed by atoms with Gasteiger partial charge in [-0.15, -0.1) is 0 Å². The molecular weight excluding hydrogens is 294 g/mol. The maximum absolute atomic E-state index is 12.0. The summed E-state index contributed by atoms with van der Waals surface area (Å²) in [5, 5.41) is 12.9. The first-order chi connectivity index (χ1) is 11.2. The zero-order chi connectivity index (χ0) is 16.7. The summed E-state index contributed by atoms with van der Waals surface area (Å²) >= 11 is 0. The molecule has 0 heterocycles. The van der Waals surface area contributed by atoms with Crippen molar-refractivity contribution >= 4 is 5.91 Å². The highest BCUT2D eigenvalue weighted by atomic mass is 16.5. The number of hydrogen-bond donors (Lipinski definition) is 2. The zero-order valence-corrected chi connectivity index (χ0v) is 14.0. The van der Waals surface area contributed by atoms with E-state index in [1.54, 1.807) is 14.2 Å². The van der Waals surface area contributed by atoms with E-state index in [0.717, 1.165) is 18.4 Å². The fourth-order valence-electron chi connectivity index (χ4n) is 3.21. The van der Waals surface area contributed by atoms with E-state index in [4.69, 9.17) is 9.47 Å². The minimum absolute atomic E-state index is 0.0491. The molecule has 0 spiro atoms. The smallest absolute Gasteiger partial charge is 0.220 e. The van der Waals surface area contributed by atoms with Crippen LogP contribution in [0.3, 0.4) is 0 Å². The third kappa shape index (κ3) is 4.86. The summed E-state index contributed by atoms with van der Waals surface area (Å²) in [6.45, 7) is 0.346. The number of methoxy groups -OCH3 is 2. The largest absolute Gasteiger partial charge is 0.493 e. The van der Waals surface area contributed by atoms with Crippen LogP contribution < -0.4 is 14.8 Å². The summed E-state index contributed by atoms with van der Waals surface area (Å²) < 4.78 is 10.6. The molecule has 1 fully saturated rings. The highest BCUT2D eigenvalue weighted by Crippen LogP contribution is 2.31. The first-order valence-corrected chi connectivity index (χ1v) is 8.30. The average molecular weight is 321 g/mol. The van der Waals surface area contributed by atoms with Gasteiger partial charge in [0.1, 0.15) is 0 Å². The van der Waals surface area contributed by atoms with Gasteiger partial charge in [0, 0.05) is 13.0 Å². The first-order valence-electron chi connectivity index (χ1n) is 8.30. The SMILES string of the molecule is COc1cccc(CCC(=O)NCC(O)C2CCCC2)c1OC. The molecule has 128 valence electrons. The van der Waals surface area contributed by atoms with E-state index in [1.807, 2.05) is 18.2 Å². The molecular formula is C18H27NO4. The summed E-state index contributed by atoms with van der Waals surface area (Å²) in [5.74, 6) is 1.64. The molecule has 0 aromatic heterocycles. The van der Waals surface area contributed by atoms with Gasteiger partial charge in [-0.25, -0.2) is 0 Å². The van der Waals surface area contributed by atoms with Gasteiger partial charge in [-0.05, 0) is 36.8 Å². The Morgan fingerprint density at radius 1 is 1.30 bits per heavy atom. The lowest BCUT2D eigenvalue weighted by Crippen LogP contribution is -2.35. The van der Waals surface area contributed by atoms with Gasteiger partial charge in [0.25, 0.3) is 0 Å². The molecule has 1 aliphatic carbocycles. The van der Waals surface area contributed by atoms with Crippen LogP contribution in [0.5, 0.6) is 11.5 Å². The lowest BCUT2D eigenvalue weighted by atomic mass is 10.0. The van der Waals surface area contributed by atoms with E-state index in [0.29, 0.717) is 36.8 Å². The van der Waals surface area contributed by atoms with Crippen LogP contribution in [0, 0.1) is 5.92 Å². The molecule has 1 unspecified atom stereocenters. The van der Waals surface area contributed by atoms with Gasteiger partial charge in [-0.1, -0.05) is 25.0 Å². The highest BCUT2D eigenvalue weighted by molar-refractivity contribution is 5.76. The van der Waals surface area contributed by atoms with Crippen molar-refractivity contribution in [1.82, 2.24) is 5.32 Å². The number of para-hydroxylation sites is 1. The van der Waals surface area contributed by atoms with Gasteiger partial charge in [-0.2, -0.15) is 0 Å². The Balaban J connectivity index is 1.80. The number of amides is 1. The molecule has 1 aromatic carbocycles. The van der Waals surface area contributed by atoms with Gasteiger partial charge in [-0.3, -0.25) is 4.79 Å². The van der Waals surface area contributed by atoms with Crippen molar-refractivity contribution in [3.63, 3.8) is 0 Å². The van der Waals surface area contributed by atoms with Gasteiger partial charge >= 0.3 is 0 Å². The van der Waals surface area contributed by atoms with Crippen molar-refractivity contribution < 1.29 is 19.4 Å². The number of nitrogens with one attached hydrogen (secondary N) is 1. The summed E-state index contributed by atoms with van der Waals surface area (Å²) in [6.07, 6.45) is 5.02. The Bertz CT molecular complexity index is 512. The standard InChI is InChI=1S/C18H27NO4/c1-22-16-9-5-8-14(18(16)23-2)10-11-17(21)19-12-15(20)13-6-3-4-7-13/h5,8-9,13,15,20H,3-4,6-7,10-12H2,1-2H3,(H,19,21). The molecule has 5 nitrogen and oxygen atoms in total. The maximum Gasteiger partial charge on any atom is 0.220 e. The number of carbonyl (C=O) groups is 1. The van der Waals surface area contributed by atoms with Gasteiger partial charge in [0.2, 0.25) is 5.91 Å². The molecule has 1 amide bonds. The van der Waals surface area contributed by atoms with Crippen LogP contribution >= 0.6 is 0 Å². The lowest BCUT2D eigenvalue weighted by Gasteiger charge is -2.18. The Morgan fingerprint density at radius 2 is 2.04 bits per heavy atom. The highest BCUT2D eigenvalue weighted by Gasteiger charge is 2.23. The van der Waals surface area contributed by atoms with Crippen molar-refractivity contribution in [2.75, 3.05) is 20.8 Å². The third-order valence-corrected chi connectivity index (χ3v) is 4.56. The van der Waals surface area contributed by atoms with Crippen LogP contribution in [0.2, 0.25) is 0 Å². The maximum atomic E-state index is 12.0. The second-order valence-corrected chi connectivity index (χ2v) is 6.07. The molecule has 0 bridgehead atoms. The van der Waals surface area contributed by atoms with Gasteiger partial charge < -0.3 is 19.9 Å². The number of rotatable bonds is 8. The fraction of sp³-hybridized carbons (Fsp3) is 0.611. The quantitative estimate of drug-likeness (QED) is 0.771. The first kappa shape index (κ1) is 17.6. The van der Waals surface area contributed by atoms with Crippen LogP contribution in [0.1, 0.15) is 37.7 Å². The predicted molar refractivity (Wildman–Crippen MR) is 88.8 cm³/mol. The molecule has 5 heteroatoms. The number of ether oxygens (including phenoxy) is 2. The number of aliphatic hydroxyl groups is 1. The molecule has 1 atom stereocenters. The summed E-state index contributed by atoms with van der Waals surface area (Å²) in [6, 6.07) is 5.65. The monoisotopic (exact) mass is 321 g/mol. The van der Waals surface area contributed by atoms with Crippen LogP contribution in [0.15, 0.2) is 18.2 Å². The Labute approximate surface area is 138 Å². The van der Waals surface area contributed by atoms with Crippen molar-refractivity contribution in [3.8, 4) is 11.5 Å². The van der Waals surface area contributed by atoms with E-state index >= 15 is 0 Å². The van der Waals surface area contributed by atoms with Crippen LogP contribution in [-0.4, -0.2) is 37.9 Å². The Kier molecular flexibility index (Phi) is 6.71. The van der Waals surface area contributed by atoms with Crippen molar-refractivity contribution in [1.29, 1.82) is 0 Å². The van der Waals surface area contributed by atoms with Crippen LogP contribution in [-0.2, 0) is 11.2 Å². The second kappa shape index (κ2) is 8.77. The van der Waals surface area contributed by atoms with Crippen LogP contribution in [0.4, 0.5) is 0 Å². The molecule has 0 radical (unpaired) electrons. The number of aryl methyl sites for hydroxylation is 1. The van der Waals surface area contributed by atoms with Gasteiger partial charge in [0.05, 0.1) is 20.3 Å². The molecule has 0 aliphatic heterocycles. The van der Waals surface area contributed by atoms with E-state index in [2.05, 4.69) is 5.32 Å². The fourth-order valence-corrected chi connectivity index (χ4v) is 3.21. The number of hydrogen-bond acceptors (Lipinski definition) is 4. The molecule has 23 heavy (non-hydrogen) atoms. The van der Waals surface area contributed by atoms with Crippen molar-refractivity contribution in [2.24, 2.45) is 5.92 Å². The van der Waals surface area contributed by atoms with E-state index in [9.17, 15) is 9.90 Å². The van der Waals surface area contributed by atoms with Gasteiger partial charge in [0.15, 0.2) is 11.5 Å².